The van der Waals surface area contributed by atoms with Gasteiger partial charge in [-0.15, -0.1) is 0 Å². The first-order valence-electron chi connectivity index (χ1n) is 8.97. The molecule has 0 spiro atoms. The highest BCUT2D eigenvalue weighted by atomic mass is 16.6. The lowest BCUT2D eigenvalue weighted by molar-refractivity contribution is -0.136. The lowest BCUT2D eigenvalue weighted by Gasteiger charge is -2.32. The molecule has 2 amide bonds. The van der Waals surface area contributed by atoms with Crippen LogP contribution in [0.25, 0.3) is 0 Å². The number of aliphatic hydroxyl groups is 1. The molecule has 2 aliphatic heterocycles. The monoisotopic (exact) mass is 346 g/mol. The van der Waals surface area contributed by atoms with Gasteiger partial charge in [-0.2, -0.15) is 0 Å². The number of likely N-dealkylation sites (tertiary alicyclic amines) is 2. The third kappa shape index (κ3) is 4.31. The van der Waals surface area contributed by atoms with E-state index >= 15 is 0 Å². The van der Waals surface area contributed by atoms with Gasteiger partial charge in [-0.25, -0.2) is 4.79 Å². The lowest BCUT2D eigenvalue weighted by atomic mass is 9.95. The minimum absolute atomic E-state index is 0.0596. The van der Waals surface area contributed by atoms with Crippen molar-refractivity contribution in [3.63, 3.8) is 0 Å². The van der Waals surface area contributed by atoms with Gasteiger partial charge in [0.25, 0.3) is 0 Å². The molecule has 25 heavy (non-hydrogen) atoms. The Morgan fingerprint density at radius 2 is 1.80 bits per heavy atom. The van der Waals surface area contributed by atoms with Crippen LogP contribution in [-0.2, 0) is 16.1 Å². The van der Waals surface area contributed by atoms with Crippen molar-refractivity contribution in [2.45, 2.75) is 32.5 Å². The number of ether oxygens (including phenoxy) is 1. The van der Waals surface area contributed by atoms with Crippen LogP contribution in [0, 0.1) is 11.8 Å². The smallest absolute Gasteiger partial charge is 0.410 e. The van der Waals surface area contributed by atoms with E-state index in [4.69, 9.17) is 4.74 Å². The highest BCUT2D eigenvalue weighted by Crippen LogP contribution is 2.24. The summed E-state index contributed by atoms with van der Waals surface area (Å²) in [6.45, 7) is 4.36. The van der Waals surface area contributed by atoms with E-state index in [1.54, 1.807) is 9.80 Å². The van der Waals surface area contributed by atoms with Crippen molar-refractivity contribution >= 4 is 12.0 Å². The maximum Gasteiger partial charge on any atom is 0.410 e. The molecule has 2 heterocycles. The van der Waals surface area contributed by atoms with Gasteiger partial charge < -0.3 is 19.6 Å². The summed E-state index contributed by atoms with van der Waals surface area (Å²) in [5.74, 6) is 0.188. The van der Waals surface area contributed by atoms with Crippen molar-refractivity contribution in [1.82, 2.24) is 9.80 Å². The van der Waals surface area contributed by atoms with Crippen LogP contribution in [0.15, 0.2) is 30.3 Å². The Morgan fingerprint density at radius 3 is 2.40 bits per heavy atom. The second-order valence-electron chi connectivity index (χ2n) is 7.09. The van der Waals surface area contributed by atoms with Crippen LogP contribution in [0.1, 0.15) is 25.3 Å². The van der Waals surface area contributed by atoms with E-state index < -0.39 is 6.10 Å². The van der Waals surface area contributed by atoms with Gasteiger partial charge in [-0.1, -0.05) is 37.3 Å². The van der Waals surface area contributed by atoms with Crippen LogP contribution < -0.4 is 0 Å². The van der Waals surface area contributed by atoms with E-state index in [0.29, 0.717) is 39.0 Å². The van der Waals surface area contributed by atoms with Crippen LogP contribution in [-0.4, -0.2) is 59.2 Å². The first-order valence-corrected chi connectivity index (χ1v) is 8.97. The van der Waals surface area contributed by atoms with Gasteiger partial charge in [-0.05, 0) is 18.4 Å². The van der Waals surface area contributed by atoms with Gasteiger partial charge in [0.15, 0.2) is 0 Å². The molecule has 3 rings (SSSR count). The summed E-state index contributed by atoms with van der Waals surface area (Å²) in [5.41, 5.74) is 0.961. The highest BCUT2D eigenvalue weighted by Gasteiger charge is 2.36. The topological polar surface area (TPSA) is 70.1 Å². The molecule has 0 aromatic heterocycles. The molecule has 136 valence electrons. The maximum absolute atomic E-state index is 12.6. The molecule has 0 saturated carbocycles. The zero-order chi connectivity index (χ0) is 17.8. The molecule has 2 aliphatic rings. The Labute approximate surface area is 148 Å². The van der Waals surface area contributed by atoms with Gasteiger partial charge >= 0.3 is 6.09 Å². The Kier molecular flexibility index (Phi) is 5.58. The Morgan fingerprint density at radius 1 is 1.12 bits per heavy atom. The number of carbonyl (C=O) groups is 2. The van der Waals surface area contributed by atoms with Crippen LogP contribution in [0.4, 0.5) is 4.79 Å². The fourth-order valence-corrected chi connectivity index (χ4v) is 3.51. The number of amides is 2. The number of hydrogen-bond acceptors (Lipinski definition) is 4. The number of nitrogens with zero attached hydrogens (tertiary/aromatic N) is 2. The molecule has 1 N–H and O–H groups in total. The van der Waals surface area contributed by atoms with Crippen molar-refractivity contribution < 1.29 is 19.4 Å². The third-order valence-corrected chi connectivity index (χ3v) is 5.19. The number of carbonyl (C=O) groups excluding carboxylic acids is 2. The van der Waals surface area contributed by atoms with Crippen molar-refractivity contribution in [1.29, 1.82) is 0 Å². The summed E-state index contributed by atoms with van der Waals surface area (Å²) >= 11 is 0. The summed E-state index contributed by atoms with van der Waals surface area (Å²) in [4.78, 5) is 28.2. The predicted octanol–water partition coefficient (Wildman–Crippen LogP) is 1.87. The van der Waals surface area contributed by atoms with Crippen LogP contribution in [0.5, 0.6) is 0 Å². The van der Waals surface area contributed by atoms with Crippen molar-refractivity contribution in [3.8, 4) is 0 Å². The number of aliphatic hydroxyl groups excluding tert-OH is 1. The van der Waals surface area contributed by atoms with Crippen molar-refractivity contribution in [2.24, 2.45) is 11.8 Å². The second kappa shape index (κ2) is 7.87. The summed E-state index contributed by atoms with van der Waals surface area (Å²) in [6.07, 6.45) is 0.567. The first-order chi connectivity index (χ1) is 12.0. The normalized spacial score (nSPS) is 24.4. The van der Waals surface area contributed by atoms with Gasteiger partial charge in [-0.3, -0.25) is 4.79 Å². The fraction of sp³-hybridized carbons (Fsp3) is 0.579. The molecule has 0 aliphatic carbocycles. The predicted molar refractivity (Wildman–Crippen MR) is 92.7 cm³/mol. The Hall–Kier alpha value is -2.08. The van der Waals surface area contributed by atoms with Crippen LogP contribution in [0.2, 0.25) is 0 Å². The van der Waals surface area contributed by atoms with Gasteiger partial charge in [0.1, 0.15) is 6.61 Å². The molecule has 1 aromatic carbocycles. The fourth-order valence-electron chi connectivity index (χ4n) is 3.51. The zero-order valence-corrected chi connectivity index (χ0v) is 14.6. The minimum Gasteiger partial charge on any atom is -0.445 e. The molecule has 0 radical (unpaired) electrons. The molecular formula is C19H26N2O4. The summed E-state index contributed by atoms with van der Waals surface area (Å²) in [6, 6.07) is 9.59. The maximum atomic E-state index is 12.6. The largest absolute Gasteiger partial charge is 0.445 e. The van der Waals surface area contributed by atoms with Gasteiger partial charge in [0.05, 0.1) is 6.10 Å². The number of benzene rings is 1. The SMILES string of the molecule is C[C@@H]1CN(C(=O)C2CCN(C(=O)OCc3ccccc3)CC2)C[C@@H]1O. The van der Waals surface area contributed by atoms with Crippen molar-refractivity contribution in [2.75, 3.05) is 26.2 Å². The molecule has 0 unspecified atom stereocenters. The number of piperidine rings is 1. The van der Waals surface area contributed by atoms with Gasteiger partial charge in [0.2, 0.25) is 5.91 Å². The van der Waals surface area contributed by atoms with Crippen LogP contribution in [0.3, 0.4) is 0 Å². The summed E-state index contributed by atoms with van der Waals surface area (Å²) in [5, 5.41) is 9.82. The zero-order valence-electron chi connectivity index (χ0n) is 14.6. The summed E-state index contributed by atoms with van der Waals surface area (Å²) in [7, 11) is 0. The van der Waals surface area contributed by atoms with E-state index in [0.717, 1.165) is 5.56 Å². The van der Waals surface area contributed by atoms with Crippen molar-refractivity contribution in [3.05, 3.63) is 35.9 Å². The summed E-state index contributed by atoms with van der Waals surface area (Å²) < 4.78 is 5.35. The molecule has 1 aromatic rings. The quantitative estimate of drug-likeness (QED) is 0.907. The standard InChI is InChI=1S/C19H26N2O4/c1-14-11-21(12-17(14)22)18(23)16-7-9-20(10-8-16)19(24)25-13-15-5-3-2-4-6-15/h2-6,14,16-17,22H,7-13H2,1H3/t14-,17+/m1/s1. The average Bonchev–Trinajstić information content (AvgIpc) is 2.99. The lowest BCUT2D eigenvalue weighted by Crippen LogP contribution is -2.44. The Bertz CT molecular complexity index is 589. The molecule has 2 saturated heterocycles. The van der Waals surface area contributed by atoms with E-state index in [9.17, 15) is 14.7 Å². The molecule has 2 atom stereocenters. The first kappa shape index (κ1) is 17.7. The van der Waals surface area contributed by atoms with E-state index in [-0.39, 0.29) is 30.4 Å². The molecule has 6 heteroatoms. The van der Waals surface area contributed by atoms with Crippen LogP contribution >= 0.6 is 0 Å². The highest BCUT2D eigenvalue weighted by molar-refractivity contribution is 5.79. The third-order valence-electron chi connectivity index (χ3n) is 5.19. The van der Waals surface area contributed by atoms with E-state index in [2.05, 4.69) is 0 Å². The molecule has 6 nitrogen and oxygen atoms in total. The molecule has 2 fully saturated rings. The van der Waals surface area contributed by atoms with E-state index in [1.807, 2.05) is 37.3 Å². The van der Waals surface area contributed by atoms with Gasteiger partial charge in [0, 0.05) is 38.0 Å². The number of β-amino-alcohol motifs (C(OH)–C–C–N with tert-alkyl or cyclic N) is 1. The number of hydrogen-bond donors (Lipinski definition) is 1. The second-order valence-corrected chi connectivity index (χ2v) is 7.09. The molecule has 0 bridgehead atoms. The molecular weight excluding hydrogens is 320 g/mol. The average molecular weight is 346 g/mol. The minimum atomic E-state index is -0.419. The number of rotatable bonds is 3. The Balaban J connectivity index is 1.43. The van der Waals surface area contributed by atoms with E-state index in [1.165, 1.54) is 0 Å².